The van der Waals surface area contributed by atoms with Gasteiger partial charge in [0, 0.05) is 11.8 Å². The van der Waals surface area contributed by atoms with Crippen molar-refractivity contribution in [1.82, 2.24) is 0 Å². The van der Waals surface area contributed by atoms with E-state index < -0.39 is 18.0 Å². The minimum atomic E-state index is -0.996. The zero-order valence-electron chi connectivity index (χ0n) is 17.6. The molecule has 164 valence electrons. The Balaban J connectivity index is 1.33. The minimum absolute atomic E-state index is 0.301. The number of nitrogens with one attached hydrogen (secondary N) is 1. The quantitative estimate of drug-likeness (QED) is 0.562. The van der Waals surface area contributed by atoms with E-state index in [2.05, 4.69) is 5.32 Å². The number of rotatable bonds is 7. The summed E-state index contributed by atoms with van der Waals surface area (Å²) in [6.45, 7) is 2.84. The van der Waals surface area contributed by atoms with Crippen molar-refractivity contribution in [3.8, 4) is 17.2 Å². The summed E-state index contributed by atoms with van der Waals surface area (Å²) in [4.78, 5) is 25.0. The van der Waals surface area contributed by atoms with E-state index in [0.29, 0.717) is 48.3 Å². The van der Waals surface area contributed by atoms with Gasteiger partial charge in [0.25, 0.3) is 5.91 Å². The lowest BCUT2D eigenvalue weighted by molar-refractivity contribution is -0.123. The normalized spacial score (nSPS) is 13.0. The largest absolute Gasteiger partial charge is 0.489 e. The van der Waals surface area contributed by atoms with Gasteiger partial charge in [0.1, 0.15) is 25.6 Å². The molecule has 1 amide bonds. The van der Waals surface area contributed by atoms with E-state index in [0.717, 1.165) is 5.56 Å². The van der Waals surface area contributed by atoms with Gasteiger partial charge in [-0.2, -0.15) is 0 Å². The molecule has 0 saturated heterocycles. The molecule has 0 unspecified atom stereocenters. The van der Waals surface area contributed by atoms with E-state index >= 15 is 0 Å². The monoisotopic (exact) mass is 433 g/mol. The zero-order valence-corrected chi connectivity index (χ0v) is 17.6. The van der Waals surface area contributed by atoms with E-state index in [1.807, 2.05) is 30.3 Å². The number of benzene rings is 3. The average molecular weight is 433 g/mol. The van der Waals surface area contributed by atoms with Crippen molar-refractivity contribution in [1.29, 1.82) is 0 Å². The molecule has 0 saturated carbocycles. The van der Waals surface area contributed by atoms with Gasteiger partial charge in [-0.15, -0.1) is 0 Å². The second-order valence-corrected chi connectivity index (χ2v) is 7.20. The Morgan fingerprint density at radius 3 is 2.53 bits per heavy atom. The molecule has 0 bridgehead atoms. The highest BCUT2D eigenvalue weighted by molar-refractivity contribution is 5.97. The van der Waals surface area contributed by atoms with E-state index in [1.54, 1.807) is 42.5 Å². The first-order valence-corrected chi connectivity index (χ1v) is 10.3. The van der Waals surface area contributed by atoms with Gasteiger partial charge in [-0.1, -0.05) is 36.4 Å². The minimum Gasteiger partial charge on any atom is -0.489 e. The molecule has 1 heterocycles. The number of ether oxygens (including phenoxy) is 4. The summed E-state index contributed by atoms with van der Waals surface area (Å²) in [6, 6.07) is 21.5. The molecule has 3 aromatic rings. The first-order chi connectivity index (χ1) is 15.6. The van der Waals surface area contributed by atoms with E-state index in [4.69, 9.17) is 18.9 Å². The van der Waals surface area contributed by atoms with Crippen LogP contribution in [0.3, 0.4) is 0 Å². The molecule has 4 rings (SSSR count). The van der Waals surface area contributed by atoms with Crippen LogP contribution in [-0.2, 0) is 16.1 Å². The Morgan fingerprint density at radius 2 is 1.72 bits per heavy atom. The predicted octanol–water partition coefficient (Wildman–Crippen LogP) is 4.22. The van der Waals surface area contributed by atoms with Crippen LogP contribution >= 0.6 is 0 Å². The number of fused-ring (bicyclic) bond motifs is 1. The van der Waals surface area contributed by atoms with Crippen LogP contribution in [0.5, 0.6) is 17.2 Å². The molecule has 1 aliphatic heterocycles. The van der Waals surface area contributed by atoms with Crippen molar-refractivity contribution >= 4 is 17.6 Å². The molecule has 0 fully saturated rings. The SMILES string of the molecule is C[C@H](OC(=O)c1cccc(OCc2ccccc2)c1)C(=O)Nc1ccc2c(c1)OCCO2. The second-order valence-electron chi connectivity index (χ2n) is 7.20. The number of carbonyl (C=O) groups excluding carboxylic acids is 2. The molecule has 7 nitrogen and oxygen atoms in total. The number of amides is 1. The van der Waals surface area contributed by atoms with E-state index in [1.165, 1.54) is 6.92 Å². The summed E-state index contributed by atoms with van der Waals surface area (Å²) in [5.41, 5.74) is 1.85. The molecule has 1 N–H and O–H groups in total. The molecular weight excluding hydrogens is 410 g/mol. The number of anilines is 1. The lowest BCUT2D eigenvalue weighted by Crippen LogP contribution is -2.30. The van der Waals surface area contributed by atoms with Crippen LogP contribution in [-0.4, -0.2) is 31.2 Å². The van der Waals surface area contributed by atoms with Crippen molar-refractivity contribution in [3.05, 3.63) is 83.9 Å². The maximum Gasteiger partial charge on any atom is 0.339 e. The van der Waals surface area contributed by atoms with Crippen molar-refractivity contribution in [3.63, 3.8) is 0 Å². The smallest absolute Gasteiger partial charge is 0.339 e. The summed E-state index contributed by atoms with van der Waals surface area (Å²) >= 11 is 0. The third-order valence-corrected chi connectivity index (χ3v) is 4.78. The van der Waals surface area contributed by atoms with Gasteiger partial charge in [0.15, 0.2) is 17.6 Å². The van der Waals surface area contributed by atoms with Gasteiger partial charge < -0.3 is 24.3 Å². The lowest BCUT2D eigenvalue weighted by Gasteiger charge is -2.19. The van der Waals surface area contributed by atoms with Gasteiger partial charge in [-0.25, -0.2) is 4.79 Å². The Bertz CT molecular complexity index is 1100. The van der Waals surface area contributed by atoms with Crippen molar-refractivity contribution < 1.29 is 28.5 Å². The molecule has 3 aromatic carbocycles. The number of hydrogen-bond acceptors (Lipinski definition) is 6. The predicted molar refractivity (Wildman–Crippen MR) is 118 cm³/mol. The standard InChI is InChI=1S/C25H23NO6/c1-17(24(27)26-20-10-11-22-23(15-20)30-13-12-29-22)32-25(28)19-8-5-9-21(14-19)31-16-18-6-3-2-4-7-18/h2-11,14-15,17H,12-13,16H2,1H3,(H,26,27)/t17-/m0/s1. The number of esters is 1. The van der Waals surface area contributed by atoms with Gasteiger partial charge in [-0.3, -0.25) is 4.79 Å². The van der Waals surface area contributed by atoms with Crippen molar-refractivity contribution in [2.24, 2.45) is 0 Å². The van der Waals surface area contributed by atoms with Crippen molar-refractivity contribution in [2.45, 2.75) is 19.6 Å². The first kappa shape index (κ1) is 21.2. The summed E-state index contributed by atoms with van der Waals surface area (Å²) < 4.78 is 22.1. The van der Waals surface area contributed by atoms with E-state index in [-0.39, 0.29) is 0 Å². The Labute approximate surface area is 185 Å². The average Bonchev–Trinajstić information content (AvgIpc) is 2.83. The van der Waals surface area contributed by atoms with Gasteiger partial charge >= 0.3 is 5.97 Å². The maximum atomic E-state index is 12.5. The highest BCUT2D eigenvalue weighted by atomic mass is 16.6. The van der Waals surface area contributed by atoms with Gasteiger partial charge in [0.2, 0.25) is 0 Å². The summed E-state index contributed by atoms with van der Waals surface area (Å²) in [7, 11) is 0. The summed E-state index contributed by atoms with van der Waals surface area (Å²) in [5.74, 6) is 0.664. The topological polar surface area (TPSA) is 83.1 Å². The fourth-order valence-corrected chi connectivity index (χ4v) is 3.10. The molecule has 1 atom stereocenters. The summed E-state index contributed by atoms with van der Waals surface area (Å²) in [5, 5.41) is 2.72. The molecular formula is C25H23NO6. The van der Waals surface area contributed by atoms with Gasteiger partial charge in [-0.05, 0) is 42.8 Å². The fourth-order valence-electron chi connectivity index (χ4n) is 3.10. The molecule has 0 aliphatic carbocycles. The van der Waals surface area contributed by atoms with Crippen LogP contribution in [0.2, 0.25) is 0 Å². The summed E-state index contributed by atoms with van der Waals surface area (Å²) in [6.07, 6.45) is -0.996. The zero-order chi connectivity index (χ0) is 22.3. The van der Waals surface area contributed by atoms with Crippen LogP contribution in [0.25, 0.3) is 0 Å². The molecule has 0 radical (unpaired) electrons. The first-order valence-electron chi connectivity index (χ1n) is 10.3. The molecule has 7 heteroatoms. The van der Waals surface area contributed by atoms with Crippen molar-refractivity contribution in [2.75, 3.05) is 18.5 Å². The maximum absolute atomic E-state index is 12.5. The fraction of sp³-hybridized carbons (Fsp3) is 0.200. The van der Waals surface area contributed by atoms with Crippen LogP contribution in [0.15, 0.2) is 72.8 Å². The van der Waals surface area contributed by atoms with Crippen LogP contribution in [0.4, 0.5) is 5.69 Å². The van der Waals surface area contributed by atoms with Crippen LogP contribution < -0.4 is 19.5 Å². The third kappa shape index (κ3) is 5.37. The third-order valence-electron chi connectivity index (χ3n) is 4.78. The highest BCUT2D eigenvalue weighted by Crippen LogP contribution is 2.32. The second kappa shape index (κ2) is 9.87. The molecule has 0 spiro atoms. The number of hydrogen-bond donors (Lipinski definition) is 1. The van der Waals surface area contributed by atoms with Crippen LogP contribution in [0.1, 0.15) is 22.8 Å². The van der Waals surface area contributed by atoms with E-state index in [9.17, 15) is 9.59 Å². The number of carbonyl (C=O) groups is 2. The van der Waals surface area contributed by atoms with Crippen LogP contribution in [0, 0.1) is 0 Å². The Hall–Kier alpha value is -4.00. The van der Waals surface area contributed by atoms with Gasteiger partial charge in [0.05, 0.1) is 5.56 Å². The molecule has 32 heavy (non-hydrogen) atoms. The molecule has 0 aromatic heterocycles. The highest BCUT2D eigenvalue weighted by Gasteiger charge is 2.20. The molecule has 1 aliphatic rings. The lowest BCUT2D eigenvalue weighted by atomic mass is 10.2. The Kier molecular flexibility index (Phi) is 6.55. The Morgan fingerprint density at radius 1 is 0.938 bits per heavy atom.